The maximum atomic E-state index is 12.9. The standard InChI is InChI=1S/C21H24Br2N2O3/c1-4-15-8-9-19(18(23)11-15)28-13-20(26)25(14(2)21(27)24-3)12-16-6-5-7-17(22)10-16/h5-11,14H,4,12-13H2,1-3H3,(H,24,27)/t14-/m0/s1. The molecule has 2 aromatic rings. The number of likely N-dealkylation sites (N-methyl/N-ethyl adjacent to an activating group) is 1. The van der Waals surface area contributed by atoms with Gasteiger partial charge in [-0.3, -0.25) is 9.59 Å². The average molecular weight is 512 g/mol. The molecule has 0 spiro atoms. The van der Waals surface area contributed by atoms with E-state index in [0.717, 1.165) is 20.9 Å². The van der Waals surface area contributed by atoms with Gasteiger partial charge in [-0.1, -0.05) is 41.1 Å². The van der Waals surface area contributed by atoms with E-state index in [2.05, 4.69) is 44.1 Å². The molecule has 5 nitrogen and oxygen atoms in total. The third kappa shape index (κ3) is 6.07. The van der Waals surface area contributed by atoms with E-state index in [4.69, 9.17) is 4.74 Å². The highest BCUT2D eigenvalue weighted by Gasteiger charge is 2.26. The summed E-state index contributed by atoms with van der Waals surface area (Å²) < 4.78 is 7.45. The molecule has 0 heterocycles. The molecule has 0 aromatic heterocycles. The first-order valence-electron chi connectivity index (χ1n) is 9.02. The molecule has 0 saturated heterocycles. The number of ether oxygens (including phenoxy) is 1. The van der Waals surface area contributed by atoms with Gasteiger partial charge in [-0.2, -0.15) is 0 Å². The van der Waals surface area contributed by atoms with Crippen LogP contribution in [0.1, 0.15) is 25.0 Å². The Bertz CT molecular complexity index is 842. The number of hydrogen-bond acceptors (Lipinski definition) is 3. The molecule has 0 bridgehead atoms. The molecule has 0 aliphatic carbocycles. The van der Waals surface area contributed by atoms with Crippen molar-refractivity contribution in [3.8, 4) is 5.75 Å². The van der Waals surface area contributed by atoms with Crippen molar-refractivity contribution in [3.63, 3.8) is 0 Å². The first-order valence-corrected chi connectivity index (χ1v) is 10.6. The molecule has 0 aliphatic rings. The zero-order valence-electron chi connectivity index (χ0n) is 16.2. The van der Waals surface area contributed by atoms with Crippen molar-refractivity contribution in [3.05, 3.63) is 62.5 Å². The van der Waals surface area contributed by atoms with E-state index in [1.807, 2.05) is 42.5 Å². The minimum atomic E-state index is -0.619. The van der Waals surface area contributed by atoms with Gasteiger partial charge in [-0.25, -0.2) is 0 Å². The van der Waals surface area contributed by atoms with Gasteiger partial charge in [-0.05, 0) is 64.7 Å². The van der Waals surface area contributed by atoms with E-state index in [9.17, 15) is 9.59 Å². The zero-order valence-corrected chi connectivity index (χ0v) is 19.3. The van der Waals surface area contributed by atoms with Crippen molar-refractivity contribution in [1.82, 2.24) is 10.2 Å². The van der Waals surface area contributed by atoms with E-state index in [-0.39, 0.29) is 18.4 Å². The van der Waals surface area contributed by atoms with Gasteiger partial charge >= 0.3 is 0 Å². The molecule has 7 heteroatoms. The summed E-state index contributed by atoms with van der Waals surface area (Å²) in [7, 11) is 1.56. The van der Waals surface area contributed by atoms with Gasteiger partial charge in [0.2, 0.25) is 5.91 Å². The third-order valence-electron chi connectivity index (χ3n) is 4.41. The molecule has 2 amide bonds. The second-order valence-corrected chi connectivity index (χ2v) is 8.12. The first-order chi connectivity index (χ1) is 13.3. The number of halogens is 2. The van der Waals surface area contributed by atoms with Crippen LogP contribution in [0.25, 0.3) is 0 Å². The smallest absolute Gasteiger partial charge is 0.261 e. The lowest BCUT2D eigenvalue weighted by Crippen LogP contribution is -2.48. The van der Waals surface area contributed by atoms with Crippen LogP contribution < -0.4 is 10.1 Å². The Labute approximate surface area is 182 Å². The van der Waals surface area contributed by atoms with E-state index < -0.39 is 6.04 Å². The summed E-state index contributed by atoms with van der Waals surface area (Å²) in [5.41, 5.74) is 2.10. The molecule has 28 heavy (non-hydrogen) atoms. The van der Waals surface area contributed by atoms with Crippen molar-refractivity contribution in [2.75, 3.05) is 13.7 Å². The minimum absolute atomic E-state index is 0.153. The Morgan fingerprint density at radius 1 is 1.14 bits per heavy atom. The highest BCUT2D eigenvalue weighted by Crippen LogP contribution is 2.26. The van der Waals surface area contributed by atoms with Crippen molar-refractivity contribution in [2.45, 2.75) is 32.9 Å². The van der Waals surface area contributed by atoms with E-state index in [1.165, 1.54) is 10.5 Å². The van der Waals surface area contributed by atoms with Crippen LogP contribution in [0.2, 0.25) is 0 Å². The van der Waals surface area contributed by atoms with Crippen LogP contribution in [0.4, 0.5) is 0 Å². The van der Waals surface area contributed by atoms with Crippen molar-refractivity contribution < 1.29 is 14.3 Å². The van der Waals surface area contributed by atoms with Crippen LogP contribution in [0, 0.1) is 0 Å². The summed E-state index contributed by atoms with van der Waals surface area (Å²) >= 11 is 6.92. The molecule has 0 radical (unpaired) electrons. The Morgan fingerprint density at radius 2 is 1.89 bits per heavy atom. The second kappa shape index (κ2) is 10.6. The summed E-state index contributed by atoms with van der Waals surface area (Å²) in [4.78, 5) is 26.6. The Morgan fingerprint density at radius 3 is 2.50 bits per heavy atom. The highest BCUT2D eigenvalue weighted by atomic mass is 79.9. The van der Waals surface area contributed by atoms with Crippen LogP contribution in [-0.2, 0) is 22.6 Å². The highest BCUT2D eigenvalue weighted by molar-refractivity contribution is 9.10. The SMILES string of the molecule is CCc1ccc(OCC(=O)N(Cc2cccc(Br)c2)[C@@H](C)C(=O)NC)c(Br)c1. The number of amides is 2. The average Bonchev–Trinajstić information content (AvgIpc) is 2.69. The number of benzene rings is 2. The molecule has 2 rings (SSSR count). The molecule has 1 N–H and O–H groups in total. The van der Waals surface area contributed by atoms with Gasteiger partial charge in [0.15, 0.2) is 6.61 Å². The molecule has 0 fully saturated rings. The molecular formula is C21H24Br2N2O3. The summed E-state index contributed by atoms with van der Waals surface area (Å²) in [6, 6.07) is 12.8. The van der Waals surface area contributed by atoms with E-state index >= 15 is 0 Å². The Kier molecular flexibility index (Phi) is 8.51. The molecule has 0 unspecified atom stereocenters. The van der Waals surface area contributed by atoms with Crippen molar-refractivity contribution >= 4 is 43.7 Å². The lowest BCUT2D eigenvalue weighted by atomic mass is 10.1. The fraction of sp³-hybridized carbons (Fsp3) is 0.333. The maximum absolute atomic E-state index is 12.9. The monoisotopic (exact) mass is 510 g/mol. The number of nitrogens with one attached hydrogen (secondary N) is 1. The third-order valence-corrected chi connectivity index (χ3v) is 5.52. The van der Waals surface area contributed by atoms with E-state index in [1.54, 1.807) is 14.0 Å². The molecular weight excluding hydrogens is 488 g/mol. The number of nitrogens with zero attached hydrogens (tertiary/aromatic N) is 1. The lowest BCUT2D eigenvalue weighted by Gasteiger charge is -2.28. The quantitative estimate of drug-likeness (QED) is 0.574. The fourth-order valence-electron chi connectivity index (χ4n) is 2.73. The fourth-order valence-corrected chi connectivity index (χ4v) is 3.71. The normalized spacial score (nSPS) is 11.6. The lowest BCUT2D eigenvalue weighted by molar-refractivity contribution is -0.142. The molecule has 2 aromatic carbocycles. The number of carbonyl (C=O) groups is 2. The Hall–Kier alpha value is -1.86. The van der Waals surface area contributed by atoms with Crippen molar-refractivity contribution in [2.24, 2.45) is 0 Å². The number of aryl methyl sites for hydroxylation is 1. The predicted octanol–water partition coefficient (Wildman–Crippen LogP) is 4.32. The van der Waals surface area contributed by atoms with Crippen LogP contribution >= 0.6 is 31.9 Å². The Balaban J connectivity index is 2.15. The first kappa shape index (κ1) is 22.4. The number of carbonyl (C=O) groups excluding carboxylic acids is 2. The van der Waals surface area contributed by atoms with Crippen molar-refractivity contribution in [1.29, 1.82) is 0 Å². The van der Waals surface area contributed by atoms with Gasteiger partial charge in [0.05, 0.1) is 4.47 Å². The zero-order chi connectivity index (χ0) is 20.7. The number of hydrogen-bond donors (Lipinski definition) is 1. The number of rotatable bonds is 8. The minimum Gasteiger partial charge on any atom is -0.483 e. The van der Waals surface area contributed by atoms with E-state index in [0.29, 0.717) is 12.3 Å². The van der Waals surface area contributed by atoms with Gasteiger partial charge in [-0.15, -0.1) is 0 Å². The summed E-state index contributed by atoms with van der Waals surface area (Å²) in [5, 5.41) is 2.60. The van der Waals surface area contributed by atoms with Crippen LogP contribution in [0.5, 0.6) is 5.75 Å². The largest absolute Gasteiger partial charge is 0.483 e. The van der Waals surface area contributed by atoms with Gasteiger partial charge in [0, 0.05) is 18.1 Å². The topological polar surface area (TPSA) is 58.6 Å². The summed E-state index contributed by atoms with van der Waals surface area (Å²) in [6.07, 6.45) is 0.919. The molecule has 150 valence electrons. The van der Waals surface area contributed by atoms with Crippen LogP contribution in [-0.4, -0.2) is 36.4 Å². The van der Waals surface area contributed by atoms with Gasteiger partial charge < -0.3 is 15.0 Å². The maximum Gasteiger partial charge on any atom is 0.261 e. The molecule has 0 aliphatic heterocycles. The van der Waals surface area contributed by atoms with Crippen LogP contribution in [0.15, 0.2) is 51.4 Å². The van der Waals surface area contributed by atoms with Gasteiger partial charge in [0.25, 0.3) is 5.91 Å². The molecule has 1 atom stereocenters. The van der Waals surface area contributed by atoms with Crippen LogP contribution in [0.3, 0.4) is 0 Å². The molecule has 0 saturated carbocycles. The summed E-state index contributed by atoms with van der Waals surface area (Å²) in [5.74, 6) is 0.111. The predicted molar refractivity (Wildman–Crippen MR) is 117 cm³/mol. The second-order valence-electron chi connectivity index (χ2n) is 6.35. The summed E-state index contributed by atoms with van der Waals surface area (Å²) in [6.45, 7) is 3.94. The van der Waals surface area contributed by atoms with Gasteiger partial charge in [0.1, 0.15) is 11.8 Å².